The molecule has 0 unspecified atom stereocenters. The highest BCUT2D eigenvalue weighted by molar-refractivity contribution is 5.80. The van der Waals surface area contributed by atoms with E-state index in [2.05, 4.69) is 11.6 Å². The van der Waals surface area contributed by atoms with E-state index >= 15 is 0 Å². The molecule has 0 saturated carbocycles. The molecule has 8 heteroatoms. The number of aromatic nitrogens is 2. The molecule has 0 aliphatic heterocycles. The van der Waals surface area contributed by atoms with Crippen LogP contribution in [0.4, 0.5) is 5.69 Å². The number of benzene rings is 1. The zero-order valence-corrected chi connectivity index (χ0v) is 13.6. The second-order valence-electron chi connectivity index (χ2n) is 5.50. The molecule has 0 N–H and O–H groups in total. The zero-order valence-electron chi connectivity index (χ0n) is 13.6. The van der Waals surface area contributed by atoms with Crippen molar-refractivity contribution < 1.29 is 9.72 Å². The molecule has 0 fully saturated rings. The lowest BCUT2D eigenvalue weighted by Gasteiger charge is -2.21. The fraction of sp³-hybridized carbons (Fsp3) is 0.312. The van der Waals surface area contributed by atoms with Gasteiger partial charge >= 0.3 is 0 Å². The van der Waals surface area contributed by atoms with E-state index in [4.69, 9.17) is 0 Å². The second-order valence-corrected chi connectivity index (χ2v) is 5.50. The third kappa shape index (κ3) is 3.65. The Labute approximate surface area is 138 Å². The molecule has 1 amide bonds. The van der Waals surface area contributed by atoms with Gasteiger partial charge in [0.15, 0.2) is 0 Å². The largest absolute Gasteiger partial charge is 0.337 e. The van der Waals surface area contributed by atoms with Crippen molar-refractivity contribution in [3.8, 4) is 0 Å². The predicted octanol–water partition coefficient (Wildman–Crippen LogP) is 1.73. The van der Waals surface area contributed by atoms with Gasteiger partial charge in [-0.25, -0.2) is 4.98 Å². The molecule has 0 spiro atoms. The van der Waals surface area contributed by atoms with E-state index in [1.165, 1.54) is 29.1 Å². The molecule has 2 rings (SSSR count). The maximum absolute atomic E-state index is 12.4. The van der Waals surface area contributed by atoms with Crippen LogP contribution in [0.2, 0.25) is 0 Å². The normalized spacial score (nSPS) is 10.6. The van der Waals surface area contributed by atoms with Crippen LogP contribution in [0.5, 0.6) is 0 Å². The van der Waals surface area contributed by atoms with Gasteiger partial charge in [0.2, 0.25) is 5.91 Å². The summed E-state index contributed by atoms with van der Waals surface area (Å²) in [5.74, 6) is -0.217. The highest BCUT2D eigenvalue weighted by Crippen LogP contribution is 2.16. The van der Waals surface area contributed by atoms with Crippen molar-refractivity contribution in [2.24, 2.45) is 0 Å². The second kappa shape index (κ2) is 7.03. The molecule has 0 aliphatic carbocycles. The Morgan fingerprint density at radius 2 is 2.17 bits per heavy atom. The van der Waals surface area contributed by atoms with Crippen LogP contribution >= 0.6 is 0 Å². The highest BCUT2D eigenvalue weighted by Gasteiger charge is 2.15. The van der Waals surface area contributed by atoms with Gasteiger partial charge < -0.3 is 4.90 Å². The van der Waals surface area contributed by atoms with E-state index in [0.717, 1.165) is 5.57 Å². The van der Waals surface area contributed by atoms with Crippen molar-refractivity contribution in [3.05, 3.63) is 57.1 Å². The third-order valence-corrected chi connectivity index (χ3v) is 3.52. The van der Waals surface area contributed by atoms with Crippen LogP contribution in [-0.4, -0.2) is 38.4 Å². The van der Waals surface area contributed by atoms with Crippen LogP contribution in [0.3, 0.4) is 0 Å². The molecule has 0 atom stereocenters. The minimum Gasteiger partial charge on any atom is -0.337 e. The lowest BCUT2D eigenvalue weighted by Crippen LogP contribution is -2.37. The SMILES string of the molecule is C=C(C)CN(CC)C(=O)Cn1cnc2cc([N+](=O)[O-])ccc2c1=O. The predicted molar refractivity (Wildman–Crippen MR) is 89.7 cm³/mol. The van der Waals surface area contributed by atoms with Gasteiger partial charge in [0.1, 0.15) is 6.54 Å². The lowest BCUT2D eigenvalue weighted by molar-refractivity contribution is -0.384. The molecule has 8 nitrogen and oxygen atoms in total. The average molecular weight is 330 g/mol. The molecule has 24 heavy (non-hydrogen) atoms. The topological polar surface area (TPSA) is 98.3 Å². The lowest BCUT2D eigenvalue weighted by atomic mass is 10.2. The molecule has 0 radical (unpaired) electrons. The number of hydrogen-bond acceptors (Lipinski definition) is 5. The summed E-state index contributed by atoms with van der Waals surface area (Å²) in [6.45, 7) is 8.25. The monoisotopic (exact) mass is 330 g/mol. The Bertz CT molecular complexity index is 872. The van der Waals surface area contributed by atoms with Crippen molar-refractivity contribution in [3.63, 3.8) is 0 Å². The van der Waals surface area contributed by atoms with Gasteiger partial charge in [-0.15, -0.1) is 0 Å². The number of amides is 1. The molecule has 1 heterocycles. The number of nitrogens with zero attached hydrogens (tertiary/aromatic N) is 4. The quantitative estimate of drug-likeness (QED) is 0.456. The Hall–Kier alpha value is -3.03. The summed E-state index contributed by atoms with van der Waals surface area (Å²) < 4.78 is 1.21. The minimum atomic E-state index is -0.549. The Balaban J connectivity index is 2.33. The summed E-state index contributed by atoms with van der Waals surface area (Å²) in [7, 11) is 0. The molecule has 1 aromatic carbocycles. The van der Waals surface area contributed by atoms with Gasteiger partial charge in [-0.3, -0.25) is 24.3 Å². The van der Waals surface area contributed by atoms with E-state index in [1.807, 2.05) is 13.8 Å². The summed E-state index contributed by atoms with van der Waals surface area (Å²) in [4.78, 5) is 40.6. The number of fused-ring (bicyclic) bond motifs is 1. The molecular formula is C16H18N4O4. The summed E-state index contributed by atoms with van der Waals surface area (Å²) in [6.07, 6.45) is 1.24. The van der Waals surface area contributed by atoms with E-state index in [0.29, 0.717) is 13.1 Å². The first-order valence-corrected chi connectivity index (χ1v) is 7.39. The van der Waals surface area contributed by atoms with Crippen LogP contribution in [0.15, 0.2) is 41.5 Å². The number of non-ortho nitro benzene ring substituents is 1. The highest BCUT2D eigenvalue weighted by atomic mass is 16.6. The number of carbonyl (C=O) groups is 1. The third-order valence-electron chi connectivity index (χ3n) is 3.52. The number of rotatable bonds is 6. The van der Waals surface area contributed by atoms with Crippen molar-refractivity contribution in [1.29, 1.82) is 0 Å². The molecular weight excluding hydrogens is 312 g/mol. The average Bonchev–Trinajstić information content (AvgIpc) is 2.54. The number of hydrogen-bond donors (Lipinski definition) is 0. The van der Waals surface area contributed by atoms with Gasteiger partial charge in [-0.1, -0.05) is 12.2 Å². The molecule has 126 valence electrons. The Kier molecular flexibility index (Phi) is 5.08. The first-order valence-electron chi connectivity index (χ1n) is 7.39. The fourth-order valence-electron chi connectivity index (χ4n) is 2.32. The molecule has 0 saturated heterocycles. The summed E-state index contributed by atoms with van der Waals surface area (Å²) in [5.41, 5.74) is 0.533. The van der Waals surface area contributed by atoms with Gasteiger partial charge in [0, 0.05) is 25.2 Å². The van der Waals surface area contributed by atoms with Crippen molar-refractivity contribution in [1.82, 2.24) is 14.5 Å². The number of carbonyl (C=O) groups excluding carboxylic acids is 1. The van der Waals surface area contributed by atoms with Gasteiger partial charge in [0.05, 0.1) is 22.2 Å². The van der Waals surface area contributed by atoms with Crippen LogP contribution < -0.4 is 5.56 Å². The van der Waals surface area contributed by atoms with Crippen LogP contribution in [0.25, 0.3) is 10.9 Å². The molecule has 2 aromatic rings. The van der Waals surface area contributed by atoms with E-state index in [-0.39, 0.29) is 29.0 Å². The summed E-state index contributed by atoms with van der Waals surface area (Å²) in [6, 6.07) is 3.84. The van der Waals surface area contributed by atoms with Crippen LogP contribution in [0.1, 0.15) is 13.8 Å². The van der Waals surface area contributed by atoms with Gasteiger partial charge in [-0.05, 0) is 19.9 Å². The van der Waals surface area contributed by atoms with Crippen molar-refractivity contribution >= 4 is 22.5 Å². The fourth-order valence-corrected chi connectivity index (χ4v) is 2.32. The maximum Gasteiger partial charge on any atom is 0.271 e. The first-order chi connectivity index (χ1) is 11.3. The summed E-state index contributed by atoms with van der Waals surface area (Å²) in [5, 5.41) is 11.0. The Morgan fingerprint density at radius 1 is 1.46 bits per heavy atom. The number of likely N-dealkylation sites (N-methyl/N-ethyl adjacent to an activating group) is 1. The van der Waals surface area contributed by atoms with E-state index in [9.17, 15) is 19.7 Å². The van der Waals surface area contributed by atoms with Crippen molar-refractivity contribution in [2.45, 2.75) is 20.4 Å². The Morgan fingerprint density at radius 3 is 2.75 bits per heavy atom. The zero-order chi connectivity index (χ0) is 17.9. The summed E-state index contributed by atoms with van der Waals surface area (Å²) >= 11 is 0. The van der Waals surface area contributed by atoms with Gasteiger partial charge in [0.25, 0.3) is 11.2 Å². The van der Waals surface area contributed by atoms with Gasteiger partial charge in [-0.2, -0.15) is 0 Å². The van der Waals surface area contributed by atoms with E-state index < -0.39 is 10.5 Å². The van der Waals surface area contributed by atoms with Crippen molar-refractivity contribution in [2.75, 3.05) is 13.1 Å². The van der Waals surface area contributed by atoms with E-state index in [1.54, 1.807) is 4.90 Å². The molecule has 1 aromatic heterocycles. The maximum atomic E-state index is 12.4. The molecule has 0 aliphatic rings. The van der Waals surface area contributed by atoms with Crippen LogP contribution in [0, 0.1) is 10.1 Å². The minimum absolute atomic E-state index is 0.137. The van der Waals surface area contributed by atoms with Crippen LogP contribution in [-0.2, 0) is 11.3 Å². The smallest absolute Gasteiger partial charge is 0.271 e. The molecule has 0 bridgehead atoms. The number of nitro benzene ring substituents is 1. The number of nitro groups is 1. The first kappa shape index (κ1) is 17.3. The standard InChI is InChI=1S/C16H18N4O4/c1-4-18(8-11(2)3)15(21)9-19-10-17-14-7-12(20(23)24)5-6-13(14)16(19)22/h5-7,10H,2,4,8-9H2,1,3H3.